The van der Waals surface area contributed by atoms with Crippen LogP contribution in [0.4, 0.5) is 5.82 Å². The van der Waals surface area contributed by atoms with Crippen molar-refractivity contribution in [1.29, 1.82) is 0 Å². The van der Waals surface area contributed by atoms with E-state index in [0.717, 1.165) is 36.1 Å². The fraction of sp³-hybridized carbons (Fsp3) is 0.667. The Hall–Kier alpha value is -1.29. The SMILES string of the molecule is COc1cccnc1NCC1CC2CCC(C1)N2C. The van der Waals surface area contributed by atoms with Gasteiger partial charge in [-0.05, 0) is 50.8 Å². The molecule has 1 aromatic rings. The van der Waals surface area contributed by atoms with Crippen molar-refractivity contribution in [3.05, 3.63) is 18.3 Å². The Labute approximate surface area is 115 Å². The van der Waals surface area contributed by atoms with Crippen LogP contribution in [0.2, 0.25) is 0 Å². The van der Waals surface area contributed by atoms with E-state index in [9.17, 15) is 0 Å². The van der Waals surface area contributed by atoms with Gasteiger partial charge >= 0.3 is 0 Å². The van der Waals surface area contributed by atoms with Gasteiger partial charge in [0.25, 0.3) is 0 Å². The fourth-order valence-corrected chi connectivity index (χ4v) is 3.62. The zero-order chi connectivity index (χ0) is 13.2. The molecule has 2 bridgehead atoms. The van der Waals surface area contributed by atoms with Crippen molar-refractivity contribution in [2.75, 3.05) is 26.0 Å². The van der Waals surface area contributed by atoms with Crippen LogP contribution in [-0.4, -0.2) is 42.7 Å². The average molecular weight is 261 g/mol. The number of hydrogen-bond acceptors (Lipinski definition) is 4. The first-order chi connectivity index (χ1) is 9.28. The largest absolute Gasteiger partial charge is 0.493 e. The van der Waals surface area contributed by atoms with Crippen LogP contribution in [0, 0.1) is 5.92 Å². The van der Waals surface area contributed by atoms with Crippen LogP contribution in [-0.2, 0) is 0 Å². The summed E-state index contributed by atoms with van der Waals surface area (Å²) in [6, 6.07) is 5.46. The number of anilines is 1. The molecule has 0 amide bonds. The van der Waals surface area contributed by atoms with Gasteiger partial charge < -0.3 is 15.0 Å². The second-order valence-corrected chi connectivity index (χ2v) is 5.82. The topological polar surface area (TPSA) is 37.4 Å². The first-order valence-electron chi connectivity index (χ1n) is 7.22. The lowest BCUT2D eigenvalue weighted by atomic mass is 9.91. The summed E-state index contributed by atoms with van der Waals surface area (Å²) in [4.78, 5) is 6.94. The second-order valence-electron chi connectivity index (χ2n) is 5.82. The Morgan fingerprint density at radius 1 is 1.37 bits per heavy atom. The van der Waals surface area contributed by atoms with Crippen molar-refractivity contribution in [3.8, 4) is 5.75 Å². The lowest BCUT2D eigenvalue weighted by Crippen LogP contribution is -2.41. The molecule has 2 unspecified atom stereocenters. The van der Waals surface area contributed by atoms with E-state index >= 15 is 0 Å². The van der Waals surface area contributed by atoms with E-state index in [0.29, 0.717) is 0 Å². The van der Waals surface area contributed by atoms with Gasteiger partial charge in [0.15, 0.2) is 11.6 Å². The molecule has 4 heteroatoms. The molecular weight excluding hydrogens is 238 g/mol. The van der Waals surface area contributed by atoms with Gasteiger partial charge in [0.1, 0.15) is 0 Å². The van der Waals surface area contributed by atoms with Crippen molar-refractivity contribution >= 4 is 5.82 Å². The molecule has 0 radical (unpaired) electrons. The molecule has 2 aliphatic rings. The number of fused-ring (bicyclic) bond motifs is 2. The van der Waals surface area contributed by atoms with E-state index < -0.39 is 0 Å². The molecule has 2 fully saturated rings. The van der Waals surface area contributed by atoms with Crippen molar-refractivity contribution in [1.82, 2.24) is 9.88 Å². The summed E-state index contributed by atoms with van der Waals surface area (Å²) in [5, 5.41) is 3.46. The van der Waals surface area contributed by atoms with Crippen LogP contribution in [0.5, 0.6) is 5.75 Å². The van der Waals surface area contributed by atoms with E-state index in [1.165, 1.54) is 25.7 Å². The highest BCUT2D eigenvalue weighted by atomic mass is 16.5. The van der Waals surface area contributed by atoms with Crippen molar-refractivity contribution in [2.24, 2.45) is 5.92 Å². The van der Waals surface area contributed by atoms with Crippen LogP contribution in [0.25, 0.3) is 0 Å². The molecule has 2 saturated heterocycles. The summed E-state index contributed by atoms with van der Waals surface area (Å²) in [6.07, 6.45) is 7.20. The summed E-state index contributed by atoms with van der Waals surface area (Å²) in [5.41, 5.74) is 0. The lowest BCUT2D eigenvalue weighted by Gasteiger charge is -2.36. The van der Waals surface area contributed by atoms with Crippen LogP contribution >= 0.6 is 0 Å². The summed E-state index contributed by atoms with van der Waals surface area (Å²) < 4.78 is 5.32. The molecule has 0 aromatic carbocycles. The van der Waals surface area contributed by atoms with Gasteiger partial charge in [0, 0.05) is 24.8 Å². The van der Waals surface area contributed by atoms with Crippen molar-refractivity contribution in [2.45, 2.75) is 37.8 Å². The van der Waals surface area contributed by atoms with E-state index in [4.69, 9.17) is 4.74 Å². The molecular formula is C15H23N3O. The van der Waals surface area contributed by atoms with Gasteiger partial charge in [0.2, 0.25) is 0 Å². The standard InChI is InChI=1S/C15H23N3O/c1-18-12-5-6-13(18)9-11(8-12)10-17-15-14(19-2)4-3-7-16-15/h3-4,7,11-13H,5-6,8-10H2,1-2H3,(H,16,17). The number of methoxy groups -OCH3 is 1. The Bertz CT molecular complexity index is 423. The molecule has 1 aromatic heterocycles. The maximum absolute atomic E-state index is 5.32. The number of hydrogen-bond donors (Lipinski definition) is 1. The molecule has 3 heterocycles. The van der Waals surface area contributed by atoms with Gasteiger partial charge in [-0.2, -0.15) is 0 Å². The molecule has 0 aliphatic carbocycles. The Morgan fingerprint density at radius 2 is 2.11 bits per heavy atom. The highest BCUT2D eigenvalue weighted by Crippen LogP contribution is 2.37. The van der Waals surface area contributed by atoms with Gasteiger partial charge in [-0.1, -0.05) is 0 Å². The minimum Gasteiger partial charge on any atom is -0.493 e. The third-order valence-electron chi connectivity index (χ3n) is 4.74. The molecule has 104 valence electrons. The van der Waals surface area contributed by atoms with E-state index in [2.05, 4.69) is 22.2 Å². The van der Waals surface area contributed by atoms with E-state index in [-0.39, 0.29) is 0 Å². The predicted molar refractivity (Wildman–Crippen MR) is 76.6 cm³/mol. The first kappa shape index (κ1) is 12.7. The Kier molecular flexibility index (Phi) is 3.60. The molecule has 0 spiro atoms. The molecule has 19 heavy (non-hydrogen) atoms. The van der Waals surface area contributed by atoms with E-state index in [1.54, 1.807) is 7.11 Å². The maximum atomic E-state index is 5.32. The molecule has 4 nitrogen and oxygen atoms in total. The number of aromatic nitrogens is 1. The van der Waals surface area contributed by atoms with Crippen molar-refractivity contribution in [3.63, 3.8) is 0 Å². The minimum absolute atomic E-state index is 0.764. The molecule has 1 N–H and O–H groups in total. The van der Waals surface area contributed by atoms with Gasteiger partial charge in [-0.25, -0.2) is 4.98 Å². The van der Waals surface area contributed by atoms with E-state index in [1.807, 2.05) is 18.3 Å². The predicted octanol–water partition coefficient (Wildman–Crippen LogP) is 2.37. The molecule has 2 aliphatic heterocycles. The summed E-state index contributed by atoms with van der Waals surface area (Å²) in [6.45, 7) is 1.01. The fourth-order valence-electron chi connectivity index (χ4n) is 3.62. The van der Waals surface area contributed by atoms with Crippen LogP contribution < -0.4 is 10.1 Å². The smallest absolute Gasteiger partial charge is 0.168 e. The zero-order valence-electron chi connectivity index (χ0n) is 11.8. The van der Waals surface area contributed by atoms with Crippen molar-refractivity contribution < 1.29 is 4.74 Å². The number of pyridine rings is 1. The average Bonchev–Trinajstić information content (AvgIpc) is 2.67. The number of piperidine rings is 1. The highest BCUT2D eigenvalue weighted by Gasteiger charge is 2.38. The number of nitrogens with zero attached hydrogens (tertiary/aromatic N) is 2. The normalized spacial score (nSPS) is 30.3. The zero-order valence-corrected chi connectivity index (χ0v) is 11.8. The van der Waals surface area contributed by atoms with Crippen LogP contribution in [0.15, 0.2) is 18.3 Å². The van der Waals surface area contributed by atoms with Crippen LogP contribution in [0.1, 0.15) is 25.7 Å². The third kappa shape index (κ3) is 2.54. The number of nitrogens with one attached hydrogen (secondary N) is 1. The van der Waals surface area contributed by atoms with Gasteiger partial charge in [0.05, 0.1) is 7.11 Å². The second kappa shape index (κ2) is 5.37. The van der Waals surface area contributed by atoms with Gasteiger partial charge in [-0.15, -0.1) is 0 Å². The lowest BCUT2D eigenvalue weighted by molar-refractivity contribution is 0.139. The highest BCUT2D eigenvalue weighted by molar-refractivity contribution is 5.49. The summed E-state index contributed by atoms with van der Waals surface area (Å²) in [5.74, 6) is 2.47. The Balaban J connectivity index is 1.58. The maximum Gasteiger partial charge on any atom is 0.168 e. The van der Waals surface area contributed by atoms with Gasteiger partial charge in [-0.3, -0.25) is 0 Å². The molecule has 2 atom stereocenters. The number of ether oxygens (including phenoxy) is 1. The summed E-state index contributed by atoms with van der Waals surface area (Å²) in [7, 11) is 3.98. The first-order valence-corrected chi connectivity index (χ1v) is 7.22. The van der Waals surface area contributed by atoms with Crippen LogP contribution in [0.3, 0.4) is 0 Å². The third-order valence-corrected chi connectivity index (χ3v) is 4.74. The molecule has 3 rings (SSSR count). The monoisotopic (exact) mass is 261 g/mol. The quantitative estimate of drug-likeness (QED) is 0.903. The minimum atomic E-state index is 0.764. The summed E-state index contributed by atoms with van der Waals surface area (Å²) >= 11 is 0. The number of rotatable bonds is 4. The Morgan fingerprint density at radius 3 is 2.79 bits per heavy atom. The molecule has 0 saturated carbocycles.